The summed E-state index contributed by atoms with van der Waals surface area (Å²) in [6.45, 7) is 0. The minimum absolute atomic E-state index is 0.343. The second kappa shape index (κ2) is 2.57. The molecular weight excluding hydrogens is 147 g/mol. The van der Waals surface area contributed by atoms with Gasteiger partial charge in [0.1, 0.15) is 0 Å². The van der Waals surface area contributed by atoms with Crippen molar-refractivity contribution in [3.8, 4) is 0 Å². The molecule has 1 aliphatic heterocycles. The Morgan fingerprint density at radius 2 is 1.82 bits per heavy atom. The maximum atomic E-state index is 10.7. The van der Waals surface area contributed by atoms with Crippen LogP contribution in [-0.4, -0.2) is 29.8 Å². The van der Waals surface area contributed by atoms with Gasteiger partial charge in [-0.3, -0.25) is 14.4 Å². The molecule has 1 heterocycles. The van der Waals surface area contributed by atoms with Crippen LogP contribution in [0.3, 0.4) is 0 Å². The smallest absolute Gasteiger partial charge is 0.354 e. The molecule has 3 amide bonds. The van der Waals surface area contributed by atoms with E-state index in [4.69, 9.17) is 5.73 Å². The molecule has 0 atom stereocenters. The number of amides is 3. The number of imide groups is 1. The summed E-state index contributed by atoms with van der Waals surface area (Å²) in [6.07, 6.45) is 2.20. The fourth-order valence-electron chi connectivity index (χ4n) is 0.743. The fourth-order valence-corrected chi connectivity index (χ4v) is 0.743. The van der Waals surface area contributed by atoms with Gasteiger partial charge in [0.25, 0.3) is 0 Å². The number of carbonyl (C=O) groups excluding carboxylic acids is 3. The van der Waals surface area contributed by atoms with E-state index in [9.17, 15) is 14.4 Å². The van der Waals surface area contributed by atoms with Crippen molar-refractivity contribution in [2.75, 3.05) is 0 Å². The first kappa shape index (κ1) is 7.52. The number of nitrogens with two attached hydrogens (primary N) is 1. The SMILES string of the molecule is NC(=O)BN1C(=O)C=CC1=O. The summed E-state index contributed by atoms with van der Waals surface area (Å²) in [5.74, 6) is -1.68. The lowest BCUT2D eigenvalue weighted by molar-refractivity contribution is -0.131. The van der Waals surface area contributed by atoms with Gasteiger partial charge in [0.15, 0.2) is 5.81 Å². The van der Waals surface area contributed by atoms with Gasteiger partial charge < -0.3 is 10.5 Å². The largest absolute Gasteiger partial charge is 0.377 e. The van der Waals surface area contributed by atoms with Crippen LogP contribution in [0.5, 0.6) is 0 Å². The van der Waals surface area contributed by atoms with Crippen molar-refractivity contribution in [2.45, 2.75) is 0 Å². The van der Waals surface area contributed by atoms with Gasteiger partial charge in [-0.15, -0.1) is 0 Å². The number of rotatable bonds is 2. The lowest BCUT2D eigenvalue weighted by atomic mass is 9.91. The molecule has 0 saturated heterocycles. The molecule has 1 aliphatic rings. The summed E-state index contributed by atoms with van der Waals surface area (Å²) >= 11 is 0. The van der Waals surface area contributed by atoms with Crippen LogP contribution in [0, 0.1) is 0 Å². The Hall–Kier alpha value is -1.59. The Morgan fingerprint density at radius 3 is 2.18 bits per heavy atom. The standard InChI is InChI=1S/C5H5BN2O3/c7-5(11)6-8-3(9)1-2-4(8)10/h1-2,6H,(H2,7,11). The van der Waals surface area contributed by atoms with Gasteiger partial charge in [-0.05, 0) is 0 Å². The maximum absolute atomic E-state index is 10.7. The molecule has 56 valence electrons. The molecule has 2 N–H and O–H groups in total. The first-order valence-corrected chi connectivity index (χ1v) is 2.93. The van der Waals surface area contributed by atoms with E-state index < -0.39 is 17.6 Å². The van der Waals surface area contributed by atoms with Gasteiger partial charge in [0.05, 0.1) is 0 Å². The van der Waals surface area contributed by atoms with Crippen LogP contribution in [0.15, 0.2) is 12.2 Å². The van der Waals surface area contributed by atoms with Crippen LogP contribution in [-0.2, 0) is 9.59 Å². The zero-order valence-corrected chi connectivity index (χ0v) is 5.61. The van der Waals surface area contributed by atoms with E-state index in [-0.39, 0.29) is 7.41 Å². The normalized spacial score (nSPS) is 15.8. The molecule has 0 radical (unpaired) electrons. The molecule has 0 aromatic heterocycles. The molecule has 0 aromatic carbocycles. The quantitative estimate of drug-likeness (QED) is 0.379. The van der Waals surface area contributed by atoms with E-state index in [0.29, 0.717) is 0 Å². The van der Waals surface area contributed by atoms with Gasteiger partial charge >= 0.3 is 7.41 Å². The average Bonchev–Trinajstić information content (AvgIpc) is 2.18. The first-order valence-electron chi connectivity index (χ1n) is 2.93. The molecule has 0 aliphatic carbocycles. The van der Waals surface area contributed by atoms with Crippen molar-refractivity contribution in [3.63, 3.8) is 0 Å². The van der Waals surface area contributed by atoms with E-state index in [2.05, 4.69) is 0 Å². The second-order valence-corrected chi connectivity index (χ2v) is 2.06. The Kier molecular flexibility index (Phi) is 1.76. The topological polar surface area (TPSA) is 80.5 Å². The van der Waals surface area contributed by atoms with Crippen molar-refractivity contribution in [2.24, 2.45) is 5.73 Å². The van der Waals surface area contributed by atoms with Crippen LogP contribution in [0.4, 0.5) is 4.79 Å². The van der Waals surface area contributed by atoms with Gasteiger partial charge in [0, 0.05) is 12.2 Å². The van der Waals surface area contributed by atoms with Crippen LogP contribution in [0.2, 0.25) is 0 Å². The van der Waals surface area contributed by atoms with Gasteiger partial charge in [0.2, 0.25) is 11.8 Å². The number of hydrogen-bond acceptors (Lipinski definition) is 3. The molecule has 1 rings (SSSR count). The molecule has 0 unspecified atom stereocenters. The summed E-state index contributed by atoms with van der Waals surface area (Å²) < 4.78 is 0. The Morgan fingerprint density at radius 1 is 1.36 bits per heavy atom. The molecule has 0 aromatic rings. The summed E-state index contributed by atoms with van der Waals surface area (Å²) in [5.41, 5.74) is 4.78. The predicted molar refractivity (Wildman–Crippen MR) is 37.7 cm³/mol. The van der Waals surface area contributed by atoms with E-state index in [0.717, 1.165) is 17.0 Å². The van der Waals surface area contributed by atoms with Crippen LogP contribution in [0.25, 0.3) is 0 Å². The van der Waals surface area contributed by atoms with E-state index in [1.807, 2.05) is 0 Å². The number of nitrogens with zero attached hydrogens (tertiary/aromatic N) is 1. The summed E-state index contributed by atoms with van der Waals surface area (Å²) in [5, 5.41) is 0. The van der Waals surface area contributed by atoms with Crippen molar-refractivity contribution >= 4 is 25.0 Å². The highest BCUT2D eigenvalue weighted by molar-refractivity contribution is 6.75. The lowest BCUT2D eigenvalue weighted by Crippen LogP contribution is -2.40. The Labute approximate surface area is 63.1 Å². The zero-order chi connectivity index (χ0) is 8.43. The lowest BCUT2D eigenvalue weighted by Gasteiger charge is -2.08. The van der Waals surface area contributed by atoms with Gasteiger partial charge in [-0.2, -0.15) is 0 Å². The Balaban J connectivity index is 2.66. The molecule has 6 heteroatoms. The number of hydrogen-bond donors (Lipinski definition) is 1. The predicted octanol–water partition coefficient (Wildman–Crippen LogP) is -1.66. The van der Waals surface area contributed by atoms with E-state index in [1.54, 1.807) is 0 Å². The molecule has 0 spiro atoms. The summed E-state index contributed by atoms with van der Waals surface area (Å²) in [7, 11) is -0.343. The molecule has 0 fully saturated rings. The molecule has 11 heavy (non-hydrogen) atoms. The number of primary amides is 1. The minimum atomic E-state index is -0.699. The monoisotopic (exact) mass is 152 g/mol. The Bertz CT molecular complexity index is 242. The van der Waals surface area contributed by atoms with Crippen LogP contribution >= 0.6 is 0 Å². The average molecular weight is 152 g/mol. The van der Waals surface area contributed by atoms with Crippen LogP contribution < -0.4 is 5.73 Å². The highest BCUT2D eigenvalue weighted by Crippen LogP contribution is 2.00. The third-order valence-corrected chi connectivity index (χ3v) is 1.21. The summed E-state index contributed by atoms with van der Waals surface area (Å²) in [6, 6.07) is 0. The zero-order valence-electron chi connectivity index (χ0n) is 5.61. The van der Waals surface area contributed by atoms with Crippen molar-refractivity contribution in [1.29, 1.82) is 0 Å². The van der Waals surface area contributed by atoms with Crippen LogP contribution in [0.1, 0.15) is 0 Å². The first-order chi connectivity index (χ1) is 5.11. The highest BCUT2D eigenvalue weighted by Gasteiger charge is 2.25. The van der Waals surface area contributed by atoms with Crippen molar-refractivity contribution in [1.82, 2.24) is 4.81 Å². The van der Waals surface area contributed by atoms with E-state index in [1.165, 1.54) is 0 Å². The third-order valence-electron chi connectivity index (χ3n) is 1.21. The van der Waals surface area contributed by atoms with Gasteiger partial charge in [-0.25, -0.2) is 0 Å². The van der Waals surface area contributed by atoms with E-state index >= 15 is 0 Å². The molecule has 0 saturated carbocycles. The van der Waals surface area contributed by atoms with Gasteiger partial charge in [-0.1, -0.05) is 0 Å². The minimum Gasteiger partial charge on any atom is -0.377 e. The molecule has 0 bridgehead atoms. The second-order valence-electron chi connectivity index (χ2n) is 2.06. The summed E-state index contributed by atoms with van der Waals surface area (Å²) in [4.78, 5) is 32.5. The number of carbonyl (C=O) groups is 3. The highest BCUT2D eigenvalue weighted by atomic mass is 16.2. The van der Waals surface area contributed by atoms with Crippen molar-refractivity contribution in [3.05, 3.63) is 12.2 Å². The molecule has 5 nitrogen and oxygen atoms in total. The fraction of sp³-hybridized carbons (Fsp3) is 0. The van der Waals surface area contributed by atoms with Crippen molar-refractivity contribution < 1.29 is 14.4 Å². The molecular formula is C5H5BN2O3. The third kappa shape index (κ3) is 1.46. The maximum Gasteiger partial charge on any atom is 0.354 e.